The van der Waals surface area contributed by atoms with E-state index in [-0.39, 0.29) is 18.5 Å². The molecule has 0 bridgehead atoms. The highest BCUT2D eigenvalue weighted by atomic mass is 16.5. The number of aryl methyl sites for hydroxylation is 1. The fourth-order valence-electron chi connectivity index (χ4n) is 2.46. The Bertz CT molecular complexity index is 549. The van der Waals surface area contributed by atoms with E-state index in [4.69, 9.17) is 10.00 Å². The summed E-state index contributed by atoms with van der Waals surface area (Å²) in [6, 6.07) is 1.73. The molecule has 1 aliphatic heterocycles. The molecule has 2 heterocycles. The van der Waals surface area contributed by atoms with Gasteiger partial charge in [0, 0.05) is 13.7 Å². The van der Waals surface area contributed by atoms with Crippen LogP contribution in [-0.4, -0.2) is 70.4 Å². The summed E-state index contributed by atoms with van der Waals surface area (Å²) < 4.78 is 6.97. The Balaban J connectivity index is 2.14. The molecule has 0 aromatic carbocycles. The zero-order valence-corrected chi connectivity index (χ0v) is 12.6. The molecule has 1 aromatic rings. The molecule has 1 atom stereocenters. The van der Waals surface area contributed by atoms with Gasteiger partial charge in [0.25, 0.3) is 0 Å². The second-order valence-corrected chi connectivity index (χ2v) is 5.12. The topological polar surface area (TPSA) is 87.3 Å². The van der Waals surface area contributed by atoms with Crippen LogP contribution >= 0.6 is 0 Å². The summed E-state index contributed by atoms with van der Waals surface area (Å²) in [4.78, 5) is 16.2. The van der Waals surface area contributed by atoms with Crippen molar-refractivity contribution in [1.29, 1.82) is 5.26 Å². The van der Waals surface area contributed by atoms with Crippen molar-refractivity contribution in [3.05, 3.63) is 11.6 Å². The van der Waals surface area contributed by atoms with Crippen LogP contribution in [0.5, 0.6) is 0 Å². The molecule has 0 saturated carbocycles. The van der Waals surface area contributed by atoms with Crippen LogP contribution in [0.1, 0.15) is 11.6 Å². The van der Waals surface area contributed by atoms with Gasteiger partial charge in [-0.25, -0.2) is 0 Å². The number of hydrogen-bond donors (Lipinski definition) is 0. The number of rotatable bonds is 5. The average molecular weight is 292 g/mol. The van der Waals surface area contributed by atoms with Gasteiger partial charge in [-0.05, 0) is 14.0 Å². The van der Waals surface area contributed by atoms with Gasteiger partial charge in [-0.1, -0.05) is 0 Å². The minimum atomic E-state index is -0.308. The first-order valence-corrected chi connectivity index (χ1v) is 6.82. The van der Waals surface area contributed by atoms with Crippen LogP contribution in [-0.2, 0) is 22.6 Å². The number of carbonyl (C=O) groups is 1. The van der Waals surface area contributed by atoms with Gasteiger partial charge in [0.15, 0.2) is 0 Å². The molecule has 8 heteroatoms. The maximum atomic E-state index is 12.7. The molecule has 0 saturated heterocycles. The Morgan fingerprint density at radius 1 is 1.57 bits per heavy atom. The summed E-state index contributed by atoms with van der Waals surface area (Å²) in [5.74, 6) is 1.61. The number of amides is 1. The predicted octanol–water partition coefficient (Wildman–Crippen LogP) is -0.601. The number of likely N-dealkylation sites (N-methyl/N-ethyl adjacent to an activating group) is 1. The molecule has 8 nitrogen and oxygen atoms in total. The van der Waals surface area contributed by atoms with Crippen molar-refractivity contribution in [3.63, 3.8) is 0 Å². The third-order valence-electron chi connectivity index (χ3n) is 3.71. The zero-order valence-electron chi connectivity index (χ0n) is 12.6. The first-order valence-electron chi connectivity index (χ1n) is 6.82. The van der Waals surface area contributed by atoms with Crippen molar-refractivity contribution < 1.29 is 9.53 Å². The van der Waals surface area contributed by atoms with E-state index in [1.807, 2.05) is 29.5 Å². The summed E-state index contributed by atoms with van der Waals surface area (Å²) in [5, 5.41) is 17.0. The van der Waals surface area contributed by atoms with E-state index in [9.17, 15) is 4.79 Å². The van der Waals surface area contributed by atoms with Gasteiger partial charge in [-0.15, -0.1) is 10.2 Å². The van der Waals surface area contributed by atoms with Crippen molar-refractivity contribution in [2.75, 3.05) is 33.9 Å². The molecule has 0 spiro atoms. The van der Waals surface area contributed by atoms with Crippen molar-refractivity contribution in [2.45, 2.75) is 26.1 Å². The molecule has 0 fully saturated rings. The Morgan fingerprint density at radius 3 is 3.00 bits per heavy atom. The number of aromatic nitrogens is 3. The van der Waals surface area contributed by atoms with E-state index in [2.05, 4.69) is 10.2 Å². The largest absolute Gasteiger partial charge is 0.383 e. The number of hydrogen-bond acceptors (Lipinski definition) is 6. The van der Waals surface area contributed by atoms with Crippen molar-refractivity contribution in [3.8, 4) is 6.07 Å². The number of fused-ring (bicyclic) bond motifs is 1. The normalized spacial score (nSPS) is 18.1. The molecule has 1 amide bonds. The van der Waals surface area contributed by atoms with E-state index in [1.54, 1.807) is 7.11 Å². The van der Waals surface area contributed by atoms with Crippen molar-refractivity contribution in [1.82, 2.24) is 24.6 Å². The van der Waals surface area contributed by atoms with E-state index in [1.165, 1.54) is 4.90 Å². The second-order valence-electron chi connectivity index (χ2n) is 5.12. The molecule has 1 unspecified atom stereocenters. The third-order valence-corrected chi connectivity index (χ3v) is 3.71. The summed E-state index contributed by atoms with van der Waals surface area (Å²) in [7, 11) is 3.46. The fraction of sp³-hybridized carbons (Fsp3) is 0.692. The van der Waals surface area contributed by atoms with Crippen LogP contribution < -0.4 is 0 Å². The molecule has 0 radical (unpaired) electrons. The monoisotopic (exact) mass is 292 g/mol. The number of nitrogens with zero attached hydrogens (tertiary/aromatic N) is 6. The van der Waals surface area contributed by atoms with Crippen molar-refractivity contribution >= 4 is 5.91 Å². The Labute approximate surface area is 123 Å². The highest BCUT2D eigenvalue weighted by Gasteiger charge is 2.33. The van der Waals surface area contributed by atoms with Gasteiger partial charge in [0.2, 0.25) is 5.91 Å². The van der Waals surface area contributed by atoms with Gasteiger partial charge >= 0.3 is 0 Å². The number of nitriles is 1. The maximum Gasteiger partial charge on any atom is 0.242 e. The summed E-state index contributed by atoms with van der Waals surface area (Å²) in [5.41, 5.74) is 0. The first-order chi connectivity index (χ1) is 10.1. The molecule has 21 heavy (non-hydrogen) atoms. The smallest absolute Gasteiger partial charge is 0.242 e. The Kier molecular flexibility index (Phi) is 4.88. The van der Waals surface area contributed by atoms with Crippen LogP contribution in [0.2, 0.25) is 0 Å². The quantitative estimate of drug-likeness (QED) is 0.673. The van der Waals surface area contributed by atoms with Gasteiger partial charge in [0.1, 0.15) is 24.2 Å². The van der Waals surface area contributed by atoms with Gasteiger partial charge in [-0.2, -0.15) is 5.26 Å². The van der Waals surface area contributed by atoms with E-state index >= 15 is 0 Å². The lowest BCUT2D eigenvalue weighted by Gasteiger charge is -2.35. The third kappa shape index (κ3) is 3.20. The lowest BCUT2D eigenvalue weighted by atomic mass is 10.1. The lowest BCUT2D eigenvalue weighted by molar-refractivity contribution is -0.138. The van der Waals surface area contributed by atoms with Crippen LogP contribution in [0.15, 0.2) is 0 Å². The molecule has 1 aromatic heterocycles. The number of ether oxygens (including phenoxy) is 1. The van der Waals surface area contributed by atoms with Gasteiger partial charge in [0.05, 0.1) is 25.8 Å². The molecule has 114 valence electrons. The summed E-state index contributed by atoms with van der Waals surface area (Å²) >= 11 is 0. The van der Waals surface area contributed by atoms with Crippen LogP contribution in [0, 0.1) is 18.3 Å². The highest BCUT2D eigenvalue weighted by Crippen LogP contribution is 2.17. The Morgan fingerprint density at radius 2 is 2.33 bits per heavy atom. The fourth-order valence-corrected chi connectivity index (χ4v) is 2.46. The molecular formula is C13H20N6O2. The molecule has 0 aliphatic carbocycles. The van der Waals surface area contributed by atoms with Gasteiger partial charge in [-0.3, -0.25) is 9.69 Å². The number of methoxy groups -OCH3 is 1. The van der Waals surface area contributed by atoms with E-state index in [0.29, 0.717) is 26.2 Å². The Hall–Kier alpha value is -1.98. The average Bonchev–Trinajstić information content (AvgIpc) is 2.82. The van der Waals surface area contributed by atoms with Crippen molar-refractivity contribution in [2.24, 2.45) is 0 Å². The van der Waals surface area contributed by atoms with E-state index in [0.717, 1.165) is 11.6 Å². The van der Waals surface area contributed by atoms with Crippen LogP contribution in [0.3, 0.4) is 0 Å². The highest BCUT2D eigenvalue weighted by molar-refractivity contribution is 5.82. The minimum absolute atomic E-state index is 0.0603. The maximum absolute atomic E-state index is 12.7. The van der Waals surface area contributed by atoms with Crippen LogP contribution in [0.4, 0.5) is 0 Å². The summed E-state index contributed by atoms with van der Waals surface area (Å²) in [6.07, 6.45) is 0. The predicted molar refractivity (Wildman–Crippen MR) is 74.1 cm³/mol. The first kappa shape index (κ1) is 15.4. The SMILES string of the molecule is COCCN(CC#N)C(=O)C1Cn2c(C)nnc2CN1C. The molecule has 2 rings (SSSR count). The molecule has 1 aliphatic rings. The molecular weight excluding hydrogens is 272 g/mol. The number of carbonyl (C=O) groups excluding carboxylic acids is 1. The molecule has 0 N–H and O–H groups in total. The zero-order chi connectivity index (χ0) is 15.4. The lowest BCUT2D eigenvalue weighted by Crippen LogP contribution is -2.52. The van der Waals surface area contributed by atoms with E-state index < -0.39 is 0 Å². The minimum Gasteiger partial charge on any atom is -0.383 e. The standard InChI is InChI=1S/C13H20N6O2/c1-10-15-16-12-9-17(2)11(8-19(10)12)13(20)18(5-4-14)6-7-21-3/h11H,5-9H2,1-3H3. The summed E-state index contributed by atoms with van der Waals surface area (Å²) in [6.45, 7) is 3.87. The van der Waals surface area contributed by atoms with Crippen LogP contribution in [0.25, 0.3) is 0 Å². The van der Waals surface area contributed by atoms with Gasteiger partial charge < -0.3 is 14.2 Å². The second kappa shape index (κ2) is 6.65.